The minimum atomic E-state index is -0.330. The molecule has 7 heavy (non-hydrogen) atoms. The molecule has 0 N–H and O–H groups in total. The van der Waals surface area contributed by atoms with Crippen LogP contribution in [0.2, 0.25) is 0 Å². The first-order valence-electron chi connectivity index (χ1n) is 1.62. The summed E-state index contributed by atoms with van der Waals surface area (Å²) in [5.74, 6) is 2.56. The molecule has 0 fully saturated rings. The highest BCUT2D eigenvalue weighted by molar-refractivity contribution is 14.1. The molecule has 1 aliphatic heterocycles. The molecule has 0 unspecified atom stereocenters. The third-order valence-corrected chi connectivity index (χ3v) is 1.40. The van der Waals surface area contributed by atoms with Gasteiger partial charge in [-0.1, -0.05) is 0 Å². The lowest BCUT2D eigenvalue weighted by atomic mass is 11.0. The smallest absolute Gasteiger partial charge is 0.144 e. The van der Waals surface area contributed by atoms with Gasteiger partial charge >= 0.3 is 0 Å². The second-order valence-electron chi connectivity index (χ2n) is 0.774. The number of rotatable bonds is 0. The molecule has 1 rings (SSSR count). The second kappa shape index (κ2) is 2.76. The summed E-state index contributed by atoms with van der Waals surface area (Å²) in [7, 11) is 0. The number of nitrogens with zero attached hydrogens (tertiary/aromatic N) is 3. The molecule has 0 amide bonds. The van der Waals surface area contributed by atoms with E-state index in [0.717, 1.165) is 0 Å². The van der Waals surface area contributed by atoms with Gasteiger partial charge in [-0.3, -0.25) is 0 Å². The Morgan fingerprint density at radius 1 is 1.57 bits per heavy atom. The lowest BCUT2D eigenvalue weighted by Crippen LogP contribution is -1.53. The van der Waals surface area contributed by atoms with Crippen molar-refractivity contribution in [1.82, 2.24) is 0 Å². The van der Waals surface area contributed by atoms with Crippen molar-refractivity contribution in [2.24, 2.45) is 11.3 Å². The van der Waals surface area contributed by atoms with Gasteiger partial charge < -0.3 is 0 Å². The molecule has 1 aliphatic rings. The molecule has 0 saturated carbocycles. The fourth-order valence-corrected chi connectivity index (χ4v) is 0.806. The van der Waals surface area contributed by atoms with Crippen molar-refractivity contribution in [1.29, 1.82) is 0 Å². The first-order valence-corrected chi connectivity index (χ1v) is 3.55. The Balaban J connectivity index is 2.86. The molecule has 36 valence electrons. The summed E-state index contributed by atoms with van der Waals surface area (Å²) in [4.78, 5) is 3.61. The summed E-state index contributed by atoms with van der Waals surface area (Å²) in [5.41, 5.74) is 0. The Kier molecular flexibility index (Phi) is 1.89. The van der Waals surface area contributed by atoms with E-state index in [2.05, 4.69) is 17.2 Å². The summed E-state index contributed by atoms with van der Waals surface area (Å²) in [6.45, 7) is 0. The van der Waals surface area contributed by atoms with E-state index in [9.17, 15) is 0 Å². The molecule has 0 aliphatic carbocycles. The molecule has 0 spiro atoms. The van der Waals surface area contributed by atoms with Gasteiger partial charge in [-0.25, -0.2) is 3.15 Å². The highest BCUT2D eigenvalue weighted by Gasteiger charge is 1.65. The topological polar surface area (TPSA) is 37.1 Å². The van der Waals surface area contributed by atoms with Crippen LogP contribution < -0.4 is 0 Å². The summed E-state index contributed by atoms with van der Waals surface area (Å²) in [6, 6.07) is 0. The van der Waals surface area contributed by atoms with Gasteiger partial charge in [-0.05, 0) is 0 Å². The minimum Gasteiger partial charge on any atom is -0.202 e. The average Bonchev–Trinajstić information content (AvgIpc) is 1.90. The monoisotopic (exact) mass is 207 g/mol. The molecule has 0 aromatic heterocycles. The maximum Gasteiger partial charge on any atom is 0.144 e. The van der Waals surface area contributed by atoms with Crippen molar-refractivity contribution in [3.05, 3.63) is 6.20 Å². The molecule has 0 atom stereocenters. The SMILES string of the molecule is C1=CN=IN=CN=1. The van der Waals surface area contributed by atoms with E-state index in [-0.39, 0.29) is 21.3 Å². The Morgan fingerprint density at radius 3 is 3.57 bits per heavy atom. The lowest BCUT2D eigenvalue weighted by molar-refractivity contribution is 1.73. The van der Waals surface area contributed by atoms with E-state index in [4.69, 9.17) is 0 Å². The third-order valence-electron chi connectivity index (χ3n) is 0.370. The van der Waals surface area contributed by atoms with E-state index in [1.54, 1.807) is 6.20 Å². The van der Waals surface area contributed by atoms with E-state index in [1.165, 1.54) is 6.34 Å². The summed E-state index contributed by atoms with van der Waals surface area (Å²) >= 11 is -0.330. The summed E-state index contributed by atoms with van der Waals surface area (Å²) in [5, 5.41) is 0. The molecule has 3 nitrogen and oxygen atoms in total. The zero-order valence-electron chi connectivity index (χ0n) is 3.37. The Bertz CT molecular complexity index is 147. The quantitative estimate of drug-likeness (QED) is 0.536. The molecule has 1 heterocycles. The van der Waals surface area contributed by atoms with Gasteiger partial charge in [-0.15, -0.1) is 0 Å². The van der Waals surface area contributed by atoms with Crippen LogP contribution in [0, 0.1) is 0 Å². The maximum atomic E-state index is 3.85. The largest absolute Gasteiger partial charge is 0.202 e. The van der Waals surface area contributed by atoms with Crippen LogP contribution in [0.4, 0.5) is 0 Å². The number of halogens is 1. The van der Waals surface area contributed by atoms with Gasteiger partial charge in [0.15, 0.2) is 0 Å². The number of aliphatic imine (C=N–C) groups is 1. The molecule has 0 bridgehead atoms. The van der Waals surface area contributed by atoms with Crippen LogP contribution in [0.5, 0.6) is 0 Å². The van der Waals surface area contributed by atoms with Crippen LogP contribution in [-0.4, -0.2) is 12.2 Å². The maximum absolute atomic E-state index is 3.85. The zero-order valence-corrected chi connectivity index (χ0v) is 5.53. The fraction of sp³-hybridized carbons (Fsp3) is 0. The molecular weight excluding hydrogens is 205 g/mol. The highest BCUT2D eigenvalue weighted by atomic mass is 127. The molecule has 4 heteroatoms. The van der Waals surface area contributed by atoms with E-state index < -0.39 is 0 Å². The molecule has 0 radical (unpaired) electrons. The fourth-order valence-electron chi connectivity index (χ4n) is 0.177. The van der Waals surface area contributed by atoms with Crippen molar-refractivity contribution >= 4 is 33.5 Å². The molecule has 0 aromatic rings. The average molecular weight is 207 g/mol. The second-order valence-corrected chi connectivity index (χ2v) is 2.32. The number of hydrogen-bond donors (Lipinski definition) is 0. The number of hydrogen-bond acceptors (Lipinski definition) is 3. The van der Waals surface area contributed by atoms with Crippen molar-refractivity contribution in [3.63, 3.8) is 0 Å². The van der Waals surface area contributed by atoms with Crippen molar-refractivity contribution in [3.8, 4) is 0 Å². The summed E-state index contributed by atoms with van der Waals surface area (Å²) < 4.78 is 7.68. The highest BCUT2D eigenvalue weighted by Crippen LogP contribution is 2.00. The zero-order chi connectivity index (χ0) is 4.95. The van der Waals surface area contributed by atoms with Gasteiger partial charge in [0.2, 0.25) is 0 Å². The minimum absolute atomic E-state index is 0.330. The van der Waals surface area contributed by atoms with Crippen LogP contribution in [0.25, 0.3) is 0 Å². The normalized spacial score (nSPS) is 16.0. The lowest BCUT2D eigenvalue weighted by Gasteiger charge is -1.59. The van der Waals surface area contributed by atoms with Crippen LogP contribution in [-0.2, 0) is 0 Å². The van der Waals surface area contributed by atoms with Gasteiger partial charge in [0.05, 0.1) is 6.20 Å². The predicted molar refractivity (Wildman–Crippen MR) is 36.9 cm³/mol. The van der Waals surface area contributed by atoms with Gasteiger partial charge in [0, 0.05) is 5.87 Å². The van der Waals surface area contributed by atoms with Crippen LogP contribution in [0.3, 0.4) is 0 Å². The predicted octanol–water partition coefficient (Wildman–Crippen LogP) is 1.28. The standard InChI is InChI=1S/C3H2IN3/c1-2-6-4-7-3-5-1/h2-3H. The van der Waals surface area contributed by atoms with E-state index >= 15 is 0 Å². The third kappa shape index (κ3) is 1.70. The van der Waals surface area contributed by atoms with Crippen LogP contribution in [0.15, 0.2) is 17.5 Å². The van der Waals surface area contributed by atoms with Crippen molar-refractivity contribution in [2.45, 2.75) is 0 Å². The Morgan fingerprint density at radius 2 is 2.57 bits per heavy atom. The van der Waals surface area contributed by atoms with Gasteiger partial charge in [0.1, 0.15) is 27.6 Å². The molecular formula is C3H2IN3. The van der Waals surface area contributed by atoms with Crippen LogP contribution in [0.1, 0.15) is 0 Å². The van der Waals surface area contributed by atoms with E-state index in [1.807, 2.05) is 0 Å². The van der Waals surface area contributed by atoms with Crippen molar-refractivity contribution < 1.29 is 0 Å². The Hall–Kier alpha value is -0.350. The summed E-state index contributed by atoms with van der Waals surface area (Å²) in [6.07, 6.45) is 3.04. The van der Waals surface area contributed by atoms with Gasteiger partial charge in [-0.2, -0.15) is 8.20 Å². The first-order chi connectivity index (χ1) is 3.50. The van der Waals surface area contributed by atoms with E-state index in [0.29, 0.717) is 0 Å². The molecule has 0 aromatic carbocycles. The first kappa shape index (κ1) is 4.80. The van der Waals surface area contributed by atoms with Crippen molar-refractivity contribution in [2.75, 3.05) is 0 Å². The van der Waals surface area contributed by atoms with Gasteiger partial charge in [0.25, 0.3) is 0 Å². The Labute approximate surface area is 51.4 Å². The molecule has 0 saturated heterocycles. The van der Waals surface area contributed by atoms with Crippen LogP contribution >= 0.6 is 21.3 Å².